The molecule has 2 rings (SSSR count). The second-order valence-electron chi connectivity index (χ2n) is 3.74. The molecule has 6 nitrogen and oxygen atoms in total. The van der Waals surface area contributed by atoms with Crippen molar-refractivity contribution >= 4 is 10.4 Å². The summed E-state index contributed by atoms with van der Waals surface area (Å²) in [5.74, 6) is 0. The molecule has 1 aromatic heterocycles. The monoisotopic (exact) mass is 260 g/mol. The summed E-state index contributed by atoms with van der Waals surface area (Å²) in [6.07, 6.45) is 7.70. The third kappa shape index (κ3) is 7.01. The number of hydrogen-bond acceptors (Lipinski definition) is 4. The first-order valence-corrected chi connectivity index (χ1v) is 6.70. The van der Waals surface area contributed by atoms with Gasteiger partial charge in [0, 0.05) is 18.4 Å². The highest BCUT2D eigenvalue weighted by Gasteiger charge is 2.13. The van der Waals surface area contributed by atoms with Crippen molar-refractivity contribution in [1.82, 2.24) is 10.3 Å². The summed E-state index contributed by atoms with van der Waals surface area (Å²) in [6.45, 7) is 1.15. The molecule has 1 fully saturated rings. The Morgan fingerprint density at radius 3 is 2.53 bits per heavy atom. The van der Waals surface area contributed by atoms with Gasteiger partial charge in [-0.15, -0.1) is 0 Å². The van der Waals surface area contributed by atoms with E-state index in [9.17, 15) is 0 Å². The van der Waals surface area contributed by atoms with Gasteiger partial charge in [-0.05, 0) is 31.0 Å². The molecule has 96 valence electrons. The molecule has 2 heterocycles. The number of aromatic nitrogens is 1. The maximum Gasteiger partial charge on any atom is 0.394 e. The molecule has 1 aliphatic rings. The minimum atomic E-state index is -4.67. The van der Waals surface area contributed by atoms with Crippen molar-refractivity contribution in [2.24, 2.45) is 0 Å². The predicted molar refractivity (Wildman–Crippen MR) is 63.0 cm³/mol. The van der Waals surface area contributed by atoms with Crippen molar-refractivity contribution < 1.29 is 17.5 Å². The molecule has 0 saturated carbocycles. The topological polar surface area (TPSA) is 99.5 Å². The molecule has 0 amide bonds. The highest BCUT2D eigenvalue weighted by Crippen LogP contribution is 2.21. The van der Waals surface area contributed by atoms with Crippen LogP contribution in [-0.2, 0) is 10.4 Å². The van der Waals surface area contributed by atoms with Crippen molar-refractivity contribution in [2.45, 2.75) is 25.3 Å². The van der Waals surface area contributed by atoms with Crippen molar-refractivity contribution in [3.63, 3.8) is 0 Å². The van der Waals surface area contributed by atoms with Crippen LogP contribution in [0.15, 0.2) is 24.5 Å². The summed E-state index contributed by atoms with van der Waals surface area (Å²) in [4.78, 5) is 4.12. The predicted octanol–water partition coefficient (Wildman–Crippen LogP) is 1.24. The van der Waals surface area contributed by atoms with E-state index in [0.717, 1.165) is 6.54 Å². The molecule has 1 atom stereocenters. The summed E-state index contributed by atoms with van der Waals surface area (Å²) >= 11 is 0. The van der Waals surface area contributed by atoms with E-state index in [-0.39, 0.29) is 0 Å². The molecule has 3 N–H and O–H groups in total. The van der Waals surface area contributed by atoms with Gasteiger partial charge in [-0.2, -0.15) is 8.42 Å². The Hall–Kier alpha value is -1.02. The van der Waals surface area contributed by atoms with Crippen LogP contribution in [0.2, 0.25) is 0 Å². The Morgan fingerprint density at radius 2 is 2.06 bits per heavy atom. The molecule has 0 radical (unpaired) electrons. The lowest BCUT2D eigenvalue weighted by Gasteiger charge is -2.23. The van der Waals surface area contributed by atoms with Crippen molar-refractivity contribution in [3.8, 4) is 0 Å². The minimum absolute atomic E-state index is 0.549. The number of nitrogens with one attached hydrogen (secondary N) is 1. The average molecular weight is 260 g/mol. The second-order valence-corrected chi connectivity index (χ2v) is 4.63. The van der Waals surface area contributed by atoms with E-state index in [1.54, 1.807) is 0 Å². The number of nitrogens with zero attached hydrogens (tertiary/aromatic N) is 1. The zero-order valence-electron chi connectivity index (χ0n) is 9.28. The Morgan fingerprint density at radius 1 is 1.35 bits per heavy atom. The van der Waals surface area contributed by atoms with Gasteiger partial charge in [0.15, 0.2) is 0 Å². The van der Waals surface area contributed by atoms with Crippen LogP contribution in [0.5, 0.6) is 0 Å². The van der Waals surface area contributed by atoms with Gasteiger partial charge in [-0.1, -0.05) is 12.5 Å². The molecule has 1 aliphatic heterocycles. The quantitative estimate of drug-likeness (QED) is 0.657. The first-order valence-electron chi connectivity index (χ1n) is 5.30. The van der Waals surface area contributed by atoms with Gasteiger partial charge < -0.3 is 5.32 Å². The molecule has 0 aromatic carbocycles. The van der Waals surface area contributed by atoms with Gasteiger partial charge in [0.25, 0.3) is 0 Å². The normalized spacial score (nSPS) is 20.2. The van der Waals surface area contributed by atoms with Crippen LogP contribution in [-0.4, -0.2) is 29.1 Å². The van der Waals surface area contributed by atoms with Gasteiger partial charge in [0.2, 0.25) is 0 Å². The van der Waals surface area contributed by atoms with Crippen LogP contribution in [0, 0.1) is 0 Å². The molecule has 1 aromatic rings. The summed E-state index contributed by atoms with van der Waals surface area (Å²) in [7, 11) is -4.67. The van der Waals surface area contributed by atoms with Gasteiger partial charge in [-0.25, -0.2) is 0 Å². The average Bonchev–Trinajstić information content (AvgIpc) is 2.29. The smallest absolute Gasteiger partial charge is 0.310 e. The Bertz CT molecular complexity index is 407. The van der Waals surface area contributed by atoms with E-state index >= 15 is 0 Å². The van der Waals surface area contributed by atoms with E-state index in [1.165, 1.54) is 24.8 Å². The van der Waals surface area contributed by atoms with Crippen LogP contribution in [0.25, 0.3) is 0 Å². The standard InChI is InChI=1S/C10H14N2.H2O4S/c1-2-7-12-10(5-1)9-4-3-6-11-8-9;1-5(2,3)4/h3-4,6,8,10,12H,1-2,5,7H2;(H2,1,2,3,4). The minimum Gasteiger partial charge on any atom is -0.310 e. The lowest BCUT2D eigenvalue weighted by molar-refractivity contribution is 0.381. The Balaban J connectivity index is 0.000000249. The van der Waals surface area contributed by atoms with Gasteiger partial charge >= 0.3 is 10.4 Å². The first kappa shape index (κ1) is 14.0. The summed E-state index contributed by atoms with van der Waals surface area (Å²) < 4.78 is 31.6. The largest absolute Gasteiger partial charge is 0.394 e. The van der Waals surface area contributed by atoms with Crippen LogP contribution >= 0.6 is 0 Å². The summed E-state index contributed by atoms with van der Waals surface area (Å²) in [5, 5.41) is 3.50. The van der Waals surface area contributed by atoms with Crippen LogP contribution in [0.4, 0.5) is 0 Å². The molecule has 17 heavy (non-hydrogen) atoms. The molecule has 0 bridgehead atoms. The SMILES string of the molecule is O=S(=O)(O)O.c1cncc(C2CCCCN2)c1. The molecule has 0 aliphatic carbocycles. The maximum absolute atomic E-state index is 8.74. The van der Waals surface area contributed by atoms with Crippen molar-refractivity contribution in [3.05, 3.63) is 30.1 Å². The zero-order valence-corrected chi connectivity index (χ0v) is 10.1. The lowest BCUT2D eigenvalue weighted by Crippen LogP contribution is -2.26. The molecule has 1 saturated heterocycles. The molecular weight excluding hydrogens is 244 g/mol. The number of hydrogen-bond donors (Lipinski definition) is 3. The van der Waals surface area contributed by atoms with E-state index in [1.807, 2.05) is 18.5 Å². The van der Waals surface area contributed by atoms with E-state index in [0.29, 0.717) is 6.04 Å². The molecule has 7 heteroatoms. The fraction of sp³-hybridized carbons (Fsp3) is 0.500. The van der Waals surface area contributed by atoms with Gasteiger partial charge in [-0.3, -0.25) is 14.1 Å². The van der Waals surface area contributed by atoms with E-state index in [2.05, 4.69) is 16.4 Å². The van der Waals surface area contributed by atoms with Crippen molar-refractivity contribution in [1.29, 1.82) is 0 Å². The molecular formula is C10H16N2O4S. The van der Waals surface area contributed by atoms with Crippen LogP contribution in [0.1, 0.15) is 30.9 Å². The van der Waals surface area contributed by atoms with Crippen LogP contribution in [0.3, 0.4) is 0 Å². The molecule has 1 unspecified atom stereocenters. The highest BCUT2D eigenvalue weighted by atomic mass is 32.3. The first-order chi connectivity index (χ1) is 7.97. The Kier molecular flexibility index (Phi) is 5.49. The zero-order chi connectivity index (χ0) is 12.7. The van der Waals surface area contributed by atoms with Crippen LogP contribution < -0.4 is 5.32 Å². The third-order valence-corrected chi connectivity index (χ3v) is 2.40. The summed E-state index contributed by atoms with van der Waals surface area (Å²) in [5.41, 5.74) is 1.33. The van der Waals surface area contributed by atoms with Gasteiger partial charge in [0.05, 0.1) is 0 Å². The highest BCUT2D eigenvalue weighted by molar-refractivity contribution is 7.79. The van der Waals surface area contributed by atoms with E-state index in [4.69, 9.17) is 17.5 Å². The molecule has 0 spiro atoms. The number of pyridine rings is 1. The fourth-order valence-corrected chi connectivity index (χ4v) is 1.72. The Labute approximate surface area is 101 Å². The number of rotatable bonds is 1. The van der Waals surface area contributed by atoms with Gasteiger partial charge in [0.1, 0.15) is 0 Å². The summed E-state index contributed by atoms with van der Waals surface area (Å²) in [6, 6.07) is 4.70. The maximum atomic E-state index is 8.74. The third-order valence-electron chi connectivity index (χ3n) is 2.40. The number of piperidine rings is 1. The lowest BCUT2D eigenvalue weighted by atomic mass is 9.99. The van der Waals surface area contributed by atoms with E-state index < -0.39 is 10.4 Å². The second kappa shape index (κ2) is 6.65. The van der Waals surface area contributed by atoms with Crippen molar-refractivity contribution in [2.75, 3.05) is 6.54 Å². The fourth-order valence-electron chi connectivity index (χ4n) is 1.72.